The van der Waals surface area contributed by atoms with Crippen molar-refractivity contribution in [3.05, 3.63) is 35.9 Å². The Kier molecular flexibility index (Phi) is 7.58. The van der Waals surface area contributed by atoms with Crippen molar-refractivity contribution in [2.24, 2.45) is 11.7 Å². The van der Waals surface area contributed by atoms with E-state index in [1.54, 1.807) is 38.1 Å². The van der Waals surface area contributed by atoms with Gasteiger partial charge in [0.2, 0.25) is 5.91 Å². The van der Waals surface area contributed by atoms with Gasteiger partial charge in [0.15, 0.2) is 6.10 Å². The van der Waals surface area contributed by atoms with Crippen molar-refractivity contribution in [3.63, 3.8) is 0 Å². The quantitative estimate of drug-likeness (QED) is 0.633. The van der Waals surface area contributed by atoms with E-state index < -0.39 is 30.1 Å². The molecule has 1 rings (SSSR count). The first kappa shape index (κ1) is 20.1. The molecular formula is C17H23N3O5. The SMILES string of the molecule is CC(=O)N[C@H](CC(=O)O[C@@H](C(=O)NC(N)=O)C(C)C)c1ccccc1. The minimum absolute atomic E-state index is 0.156. The fraction of sp³-hybridized carbons (Fsp3) is 0.412. The molecule has 0 spiro atoms. The number of primary amides is 1. The Morgan fingerprint density at radius 1 is 1.12 bits per heavy atom. The summed E-state index contributed by atoms with van der Waals surface area (Å²) in [5.41, 5.74) is 5.65. The van der Waals surface area contributed by atoms with Crippen molar-refractivity contribution < 1.29 is 23.9 Å². The van der Waals surface area contributed by atoms with Crippen LogP contribution in [0.3, 0.4) is 0 Å². The van der Waals surface area contributed by atoms with Crippen molar-refractivity contribution in [3.8, 4) is 0 Å². The normalized spacial score (nSPS) is 12.8. The predicted molar refractivity (Wildman–Crippen MR) is 90.1 cm³/mol. The highest BCUT2D eigenvalue weighted by Crippen LogP contribution is 2.18. The van der Waals surface area contributed by atoms with Crippen molar-refractivity contribution >= 4 is 23.8 Å². The van der Waals surface area contributed by atoms with Gasteiger partial charge >= 0.3 is 12.0 Å². The zero-order valence-electron chi connectivity index (χ0n) is 14.4. The van der Waals surface area contributed by atoms with Crippen molar-refractivity contribution in [2.45, 2.75) is 39.3 Å². The number of rotatable bonds is 7. The van der Waals surface area contributed by atoms with Crippen LogP contribution in [0.4, 0.5) is 4.79 Å². The Balaban J connectivity index is 2.83. The molecule has 8 nitrogen and oxygen atoms in total. The van der Waals surface area contributed by atoms with Crippen LogP contribution in [0.15, 0.2) is 30.3 Å². The summed E-state index contributed by atoms with van der Waals surface area (Å²) in [5, 5.41) is 4.58. The van der Waals surface area contributed by atoms with Crippen molar-refractivity contribution in [1.29, 1.82) is 0 Å². The average Bonchev–Trinajstić information content (AvgIpc) is 2.51. The summed E-state index contributed by atoms with van der Waals surface area (Å²) in [4.78, 5) is 46.3. The molecule has 0 radical (unpaired) electrons. The number of nitrogens with two attached hydrogens (primary N) is 1. The van der Waals surface area contributed by atoms with Crippen LogP contribution in [0.2, 0.25) is 0 Å². The van der Waals surface area contributed by atoms with Gasteiger partial charge in [-0.1, -0.05) is 44.2 Å². The molecular weight excluding hydrogens is 326 g/mol. The molecule has 25 heavy (non-hydrogen) atoms. The van der Waals surface area contributed by atoms with Gasteiger partial charge in [-0.25, -0.2) is 4.79 Å². The maximum atomic E-state index is 12.2. The highest BCUT2D eigenvalue weighted by atomic mass is 16.5. The third-order valence-electron chi connectivity index (χ3n) is 3.32. The third kappa shape index (κ3) is 7.03. The highest BCUT2D eigenvalue weighted by Gasteiger charge is 2.28. The number of carbonyl (C=O) groups is 4. The summed E-state index contributed by atoms with van der Waals surface area (Å²) in [7, 11) is 0. The van der Waals surface area contributed by atoms with Gasteiger partial charge in [-0.15, -0.1) is 0 Å². The zero-order valence-corrected chi connectivity index (χ0v) is 14.4. The fourth-order valence-electron chi connectivity index (χ4n) is 2.22. The number of esters is 1. The lowest BCUT2D eigenvalue weighted by molar-refractivity contribution is -0.158. The summed E-state index contributed by atoms with van der Waals surface area (Å²) in [6.45, 7) is 4.68. The first-order chi connectivity index (χ1) is 11.7. The number of imide groups is 1. The summed E-state index contributed by atoms with van der Waals surface area (Å²) in [6.07, 6.45) is -1.31. The number of hydrogen-bond acceptors (Lipinski definition) is 5. The smallest absolute Gasteiger partial charge is 0.318 e. The molecule has 4 amide bonds. The van der Waals surface area contributed by atoms with Gasteiger partial charge in [0.05, 0.1) is 12.5 Å². The number of amides is 4. The minimum atomic E-state index is -1.16. The molecule has 136 valence electrons. The van der Waals surface area contributed by atoms with E-state index in [0.717, 1.165) is 5.56 Å². The monoisotopic (exact) mass is 349 g/mol. The second-order valence-corrected chi connectivity index (χ2v) is 5.88. The van der Waals surface area contributed by atoms with Crippen LogP contribution in [-0.2, 0) is 19.1 Å². The van der Waals surface area contributed by atoms with Gasteiger partial charge < -0.3 is 15.8 Å². The summed E-state index contributed by atoms with van der Waals surface area (Å²) in [5.74, 6) is -2.12. The second kappa shape index (κ2) is 9.41. The molecule has 1 aromatic carbocycles. The van der Waals surface area contributed by atoms with Gasteiger partial charge in [-0.05, 0) is 11.5 Å². The molecule has 0 aliphatic rings. The molecule has 0 aliphatic carbocycles. The van der Waals surface area contributed by atoms with Gasteiger partial charge in [-0.3, -0.25) is 19.7 Å². The topological polar surface area (TPSA) is 128 Å². The summed E-state index contributed by atoms with van der Waals surface area (Å²) < 4.78 is 5.20. The molecule has 1 aromatic rings. The van der Waals surface area contributed by atoms with Gasteiger partial charge in [0, 0.05) is 6.92 Å². The molecule has 0 heterocycles. The van der Waals surface area contributed by atoms with Crippen LogP contribution in [0.5, 0.6) is 0 Å². The van der Waals surface area contributed by atoms with Crippen LogP contribution in [0, 0.1) is 5.92 Å². The second-order valence-electron chi connectivity index (χ2n) is 5.88. The van der Waals surface area contributed by atoms with Crippen molar-refractivity contribution in [2.75, 3.05) is 0 Å². The molecule has 4 N–H and O–H groups in total. The largest absolute Gasteiger partial charge is 0.452 e. The lowest BCUT2D eigenvalue weighted by Gasteiger charge is -2.22. The number of benzene rings is 1. The standard InChI is InChI=1S/C17H23N3O5/c1-10(2)15(16(23)20-17(18)24)25-14(22)9-13(19-11(3)21)12-7-5-4-6-8-12/h4-8,10,13,15H,9H2,1-3H3,(H,19,21)(H3,18,20,23,24)/t13-,15-/m1/s1. The molecule has 2 atom stereocenters. The predicted octanol–water partition coefficient (Wildman–Crippen LogP) is 1.02. The molecule has 0 aliphatic heterocycles. The van der Waals surface area contributed by atoms with E-state index in [1.165, 1.54) is 6.92 Å². The lowest BCUT2D eigenvalue weighted by atomic mass is 10.0. The average molecular weight is 349 g/mol. The molecule has 8 heteroatoms. The fourth-order valence-corrected chi connectivity index (χ4v) is 2.22. The van der Waals surface area contributed by atoms with E-state index in [1.807, 2.05) is 11.4 Å². The number of nitrogens with one attached hydrogen (secondary N) is 2. The Bertz CT molecular complexity index is 630. The van der Waals surface area contributed by atoms with Crippen LogP contribution < -0.4 is 16.4 Å². The summed E-state index contributed by atoms with van der Waals surface area (Å²) >= 11 is 0. The number of hydrogen-bond donors (Lipinski definition) is 3. The minimum Gasteiger partial charge on any atom is -0.452 e. The van der Waals surface area contributed by atoms with Crippen LogP contribution in [0.25, 0.3) is 0 Å². The van der Waals surface area contributed by atoms with E-state index in [9.17, 15) is 19.2 Å². The third-order valence-corrected chi connectivity index (χ3v) is 3.32. The molecule has 0 aromatic heterocycles. The van der Waals surface area contributed by atoms with Gasteiger partial charge in [-0.2, -0.15) is 0 Å². The maximum absolute atomic E-state index is 12.2. The van der Waals surface area contributed by atoms with Crippen LogP contribution in [0.1, 0.15) is 38.8 Å². The van der Waals surface area contributed by atoms with Crippen molar-refractivity contribution in [1.82, 2.24) is 10.6 Å². The van der Waals surface area contributed by atoms with E-state index >= 15 is 0 Å². The van der Waals surface area contributed by atoms with E-state index in [-0.39, 0.29) is 18.2 Å². The Morgan fingerprint density at radius 2 is 1.72 bits per heavy atom. The Morgan fingerprint density at radius 3 is 2.20 bits per heavy atom. The Labute approximate surface area is 146 Å². The molecule has 0 fully saturated rings. The lowest BCUT2D eigenvalue weighted by Crippen LogP contribution is -2.45. The number of carbonyl (C=O) groups excluding carboxylic acids is 4. The van der Waals surface area contributed by atoms with Gasteiger partial charge in [0.25, 0.3) is 5.91 Å². The molecule has 0 unspecified atom stereocenters. The Hall–Kier alpha value is -2.90. The van der Waals surface area contributed by atoms with Gasteiger partial charge in [0.1, 0.15) is 0 Å². The van der Waals surface area contributed by atoms with E-state index in [0.29, 0.717) is 0 Å². The number of urea groups is 1. The molecule has 0 bridgehead atoms. The maximum Gasteiger partial charge on any atom is 0.318 e. The highest BCUT2D eigenvalue weighted by molar-refractivity contribution is 5.96. The zero-order chi connectivity index (χ0) is 19.0. The van der Waals surface area contributed by atoms with E-state index in [4.69, 9.17) is 10.5 Å². The van der Waals surface area contributed by atoms with E-state index in [2.05, 4.69) is 5.32 Å². The first-order valence-corrected chi connectivity index (χ1v) is 7.82. The molecule has 0 saturated heterocycles. The molecule has 0 saturated carbocycles. The first-order valence-electron chi connectivity index (χ1n) is 7.82. The summed E-state index contributed by atoms with van der Waals surface area (Å²) in [6, 6.07) is 7.32. The number of ether oxygens (including phenoxy) is 1. The van der Waals surface area contributed by atoms with Crippen LogP contribution >= 0.6 is 0 Å². The van der Waals surface area contributed by atoms with Crippen LogP contribution in [-0.4, -0.2) is 29.9 Å².